The van der Waals surface area contributed by atoms with Crippen molar-refractivity contribution < 1.29 is 14.4 Å². The van der Waals surface area contributed by atoms with Crippen molar-refractivity contribution in [3.63, 3.8) is 0 Å². The summed E-state index contributed by atoms with van der Waals surface area (Å²) in [6, 6.07) is 3.29. The van der Waals surface area contributed by atoms with E-state index in [4.69, 9.17) is 16.4 Å². The van der Waals surface area contributed by atoms with Crippen molar-refractivity contribution in [3.8, 4) is 0 Å². The van der Waals surface area contributed by atoms with E-state index >= 15 is 0 Å². The van der Waals surface area contributed by atoms with Crippen LogP contribution in [0.3, 0.4) is 0 Å². The molecule has 126 valence electrons. The highest BCUT2D eigenvalue weighted by Gasteiger charge is 2.28. The van der Waals surface area contributed by atoms with Gasteiger partial charge < -0.3 is 10.2 Å². The molecule has 1 fully saturated rings. The molecular formula is C16H22ClN3O3. The van der Waals surface area contributed by atoms with Gasteiger partial charge in [-0.2, -0.15) is 0 Å². The van der Waals surface area contributed by atoms with Gasteiger partial charge in [0.1, 0.15) is 5.15 Å². The van der Waals surface area contributed by atoms with Gasteiger partial charge in [0.05, 0.1) is 11.0 Å². The molecule has 1 aromatic rings. The zero-order valence-electron chi connectivity index (χ0n) is 13.6. The number of halogens is 1. The van der Waals surface area contributed by atoms with E-state index in [0.717, 1.165) is 12.8 Å². The minimum atomic E-state index is -0.521. The lowest BCUT2D eigenvalue weighted by molar-refractivity contribution is -0.204. The van der Waals surface area contributed by atoms with E-state index in [0.29, 0.717) is 23.8 Å². The van der Waals surface area contributed by atoms with Crippen LogP contribution in [0.5, 0.6) is 0 Å². The van der Waals surface area contributed by atoms with Gasteiger partial charge >= 0.3 is 5.97 Å². The summed E-state index contributed by atoms with van der Waals surface area (Å²) in [6.07, 6.45) is 2.91. The molecule has 1 saturated heterocycles. The Balaban J connectivity index is 1.79. The number of pyridine rings is 1. The highest BCUT2D eigenvalue weighted by molar-refractivity contribution is 6.29. The van der Waals surface area contributed by atoms with Gasteiger partial charge in [-0.3, -0.25) is 4.79 Å². The van der Waals surface area contributed by atoms with Gasteiger partial charge in [0, 0.05) is 25.3 Å². The number of hydrogen-bond donors (Lipinski definition) is 1. The van der Waals surface area contributed by atoms with Crippen molar-refractivity contribution in [2.45, 2.75) is 39.7 Å². The summed E-state index contributed by atoms with van der Waals surface area (Å²) in [5, 5.41) is 4.99. The molecule has 0 saturated carbocycles. The first-order valence-corrected chi connectivity index (χ1v) is 8.03. The second kappa shape index (κ2) is 7.27. The lowest BCUT2D eigenvalue weighted by Gasteiger charge is -2.32. The molecule has 7 heteroatoms. The molecule has 0 bridgehead atoms. The topological polar surface area (TPSA) is 71.5 Å². The molecule has 0 aliphatic carbocycles. The molecule has 1 aliphatic heterocycles. The predicted molar refractivity (Wildman–Crippen MR) is 86.9 cm³/mol. The van der Waals surface area contributed by atoms with E-state index in [-0.39, 0.29) is 17.9 Å². The van der Waals surface area contributed by atoms with Crippen molar-refractivity contribution in [1.82, 2.24) is 15.4 Å². The highest BCUT2D eigenvalue weighted by Crippen LogP contribution is 2.19. The van der Waals surface area contributed by atoms with Gasteiger partial charge in [-0.1, -0.05) is 11.6 Å². The van der Waals surface area contributed by atoms with Crippen LogP contribution in [0.4, 0.5) is 0 Å². The number of carbonyl (C=O) groups is 2. The number of nitrogens with zero attached hydrogens (tertiary/aromatic N) is 2. The summed E-state index contributed by atoms with van der Waals surface area (Å²) in [6.45, 7) is 6.67. The maximum atomic E-state index is 12.1. The largest absolute Gasteiger partial charge is 0.367 e. The van der Waals surface area contributed by atoms with Crippen LogP contribution in [-0.2, 0) is 9.63 Å². The number of aromatic nitrogens is 1. The third kappa shape index (κ3) is 5.18. The molecule has 23 heavy (non-hydrogen) atoms. The molecule has 1 aliphatic rings. The van der Waals surface area contributed by atoms with Gasteiger partial charge in [0.2, 0.25) is 0 Å². The molecule has 0 spiro atoms. The van der Waals surface area contributed by atoms with Crippen molar-refractivity contribution in [2.75, 3.05) is 13.1 Å². The number of hydrogen-bond acceptors (Lipinski definition) is 5. The molecule has 0 aromatic carbocycles. The second-order valence-electron chi connectivity index (χ2n) is 6.68. The molecule has 1 aromatic heterocycles. The Bertz CT molecular complexity index is 561. The zero-order valence-corrected chi connectivity index (χ0v) is 14.4. The summed E-state index contributed by atoms with van der Waals surface area (Å²) in [5.41, 5.74) is -0.0388. The maximum absolute atomic E-state index is 12.1. The Hall–Kier alpha value is -1.66. The van der Waals surface area contributed by atoms with Gasteiger partial charge in [-0.05, 0) is 45.7 Å². The normalized spacial score (nSPS) is 16.9. The Labute approximate surface area is 141 Å². The smallest absolute Gasteiger partial charge is 0.330 e. The van der Waals surface area contributed by atoms with Crippen molar-refractivity contribution >= 4 is 23.5 Å². The molecule has 1 N–H and O–H groups in total. The summed E-state index contributed by atoms with van der Waals surface area (Å²) < 4.78 is 0. The molecule has 0 unspecified atom stereocenters. The number of rotatable bonds is 3. The van der Waals surface area contributed by atoms with Gasteiger partial charge in [-0.25, -0.2) is 9.78 Å². The fraction of sp³-hybridized carbons (Fsp3) is 0.562. The van der Waals surface area contributed by atoms with Gasteiger partial charge in [-0.15, -0.1) is 5.06 Å². The Morgan fingerprint density at radius 1 is 1.30 bits per heavy atom. The number of carbonyl (C=O) groups excluding carboxylic acids is 2. The average Bonchev–Trinajstić information content (AvgIpc) is 2.49. The van der Waals surface area contributed by atoms with Gasteiger partial charge in [0.15, 0.2) is 0 Å². The van der Waals surface area contributed by atoms with E-state index in [2.05, 4.69) is 10.3 Å². The number of nitrogens with one attached hydrogen (secondary N) is 1. The third-order valence-electron chi connectivity index (χ3n) is 3.60. The Kier molecular flexibility index (Phi) is 5.59. The fourth-order valence-corrected chi connectivity index (χ4v) is 2.24. The lowest BCUT2D eigenvalue weighted by Crippen LogP contribution is -2.46. The average molecular weight is 340 g/mol. The van der Waals surface area contributed by atoms with Crippen LogP contribution in [0, 0.1) is 5.41 Å². The van der Waals surface area contributed by atoms with Crippen LogP contribution in [0.2, 0.25) is 5.15 Å². The molecule has 2 heterocycles. The summed E-state index contributed by atoms with van der Waals surface area (Å²) in [5.74, 6) is -0.411. The van der Waals surface area contributed by atoms with E-state index in [1.54, 1.807) is 17.2 Å². The molecule has 0 atom stereocenters. The van der Waals surface area contributed by atoms with E-state index < -0.39 is 5.41 Å². The van der Waals surface area contributed by atoms with Crippen LogP contribution in [0.25, 0.3) is 0 Å². The fourth-order valence-electron chi connectivity index (χ4n) is 2.12. The molecule has 2 rings (SSSR count). The summed E-state index contributed by atoms with van der Waals surface area (Å²) in [7, 11) is 0. The van der Waals surface area contributed by atoms with E-state index in [1.807, 2.05) is 20.8 Å². The van der Waals surface area contributed by atoms with E-state index in [9.17, 15) is 9.59 Å². The second-order valence-corrected chi connectivity index (χ2v) is 7.06. The van der Waals surface area contributed by atoms with Crippen molar-refractivity contribution in [1.29, 1.82) is 0 Å². The zero-order chi connectivity index (χ0) is 17.0. The third-order valence-corrected chi connectivity index (χ3v) is 3.83. The van der Waals surface area contributed by atoms with Crippen LogP contribution in [0.1, 0.15) is 44.0 Å². The summed E-state index contributed by atoms with van der Waals surface area (Å²) >= 11 is 5.71. The van der Waals surface area contributed by atoms with E-state index in [1.165, 1.54) is 6.20 Å². The van der Waals surface area contributed by atoms with Crippen LogP contribution in [0.15, 0.2) is 18.3 Å². The quantitative estimate of drug-likeness (QED) is 0.856. The van der Waals surface area contributed by atoms with Crippen LogP contribution in [-0.4, -0.2) is 41.1 Å². The molecule has 6 nitrogen and oxygen atoms in total. The van der Waals surface area contributed by atoms with Crippen molar-refractivity contribution in [3.05, 3.63) is 29.0 Å². The Morgan fingerprint density at radius 2 is 1.96 bits per heavy atom. The first kappa shape index (κ1) is 17.7. The number of piperidine rings is 1. The highest BCUT2D eigenvalue weighted by atomic mass is 35.5. The number of amides is 1. The SMILES string of the molecule is CC(C)(C)C(=O)ON1CCC(NC(=O)c2ccc(Cl)nc2)CC1. The maximum Gasteiger partial charge on any atom is 0.330 e. The first-order valence-electron chi connectivity index (χ1n) is 7.65. The predicted octanol–water partition coefficient (Wildman–Crippen LogP) is 2.43. The molecule has 1 amide bonds. The monoisotopic (exact) mass is 339 g/mol. The first-order chi connectivity index (χ1) is 10.8. The van der Waals surface area contributed by atoms with Crippen molar-refractivity contribution in [2.24, 2.45) is 5.41 Å². The standard InChI is InChI=1S/C16H22ClN3O3/c1-16(2,3)15(22)23-20-8-6-12(7-9-20)19-14(21)11-4-5-13(17)18-10-11/h4-5,10,12H,6-9H2,1-3H3,(H,19,21). The van der Waals surface area contributed by atoms with Crippen LogP contribution >= 0.6 is 11.6 Å². The Morgan fingerprint density at radius 3 is 2.48 bits per heavy atom. The minimum absolute atomic E-state index is 0.0581. The minimum Gasteiger partial charge on any atom is -0.367 e. The van der Waals surface area contributed by atoms with Gasteiger partial charge in [0.25, 0.3) is 5.91 Å². The summed E-state index contributed by atoms with van der Waals surface area (Å²) in [4.78, 5) is 33.2. The molecule has 0 radical (unpaired) electrons. The van der Waals surface area contributed by atoms with Crippen LogP contribution < -0.4 is 5.32 Å². The number of hydroxylamine groups is 2. The lowest BCUT2D eigenvalue weighted by atomic mass is 9.98. The molecular weight excluding hydrogens is 318 g/mol.